The summed E-state index contributed by atoms with van der Waals surface area (Å²) in [6, 6.07) is 9.88. The molecule has 5 nitrogen and oxygen atoms in total. The zero-order chi connectivity index (χ0) is 21.2. The summed E-state index contributed by atoms with van der Waals surface area (Å²) >= 11 is 5.90. The molecule has 1 amide bonds. The highest BCUT2D eigenvalue weighted by atomic mass is 35.5. The Hall–Kier alpha value is -1.89. The third-order valence-corrected chi connectivity index (χ3v) is 7.57. The molecule has 2 aromatic rings. The van der Waals surface area contributed by atoms with Crippen LogP contribution in [0.25, 0.3) is 0 Å². The lowest BCUT2D eigenvalue weighted by Gasteiger charge is -2.34. The van der Waals surface area contributed by atoms with E-state index in [9.17, 15) is 13.2 Å². The number of rotatable bonds is 5. The number of hydrogen-bond donors (Lipinski definition) is 1. The maximum atomic E-state index is 13.1. The molecule has 0 spiro atoms. The molecule has 29 heavy (non-hydrogen) atoms. The summed E-state index contributed by atoms with van der Waals surface area (Å²) < 4.78 is 27.8. The number of carbonyl (C=O) groups excluding carboxylic acids is 1. The fraction of sp³-hybridized carbons (Fsp3) is 0.409. The van der Waals surface area contributed by atoms with Crippen LogP contribution in [0.15, 0.2) is 41.3 Å². The number of piperidine rings is 1. The van der Waals surface area contributed by atoms with Gasteiger partial charge in [0.25, 0.3) is 0 Å². The van der Waals surface area contributed by atoms with Gasteiger partial charge in [0.2, 0.25) is 15.9 Å². The Morgan fingerprint density at radius 1 is 1.10 bits per heavy atom. The Labute approximate surface area is 178 Å². The molecule has 0 aliphatic carbocycles. The highest BCUT2D eigenvalue weighted by molar-refractivity contribution is 7.89. The Morgan fingerprint density at radius 3 is 2.34 bits per heavy atom. The second kappa shape index (κ2) is 8.86. The van der Waals surface area contributed by atoms with Gasteiger partial charge in [0.05, 0.1) is 4.90 Å². The third-order valence-electron chi connectivity index (χ3n) is 5.36. The molecule has 3 rings (SSSR count). The average molecular weight is 435 g/mol. The van der Waals surface area contributed by atoms with Crippen molar-refractivity contribution in [3.63, 3.8) is 0 Å². The summed E-state index contributed by atoms with van der Waals surface area (Å²) in [5.41, 5.74) is 3.96. The summed E-state index contributed by atoms with van der Waals surface area (Å²) in [5, 5.41) is 3.48. The molecule has 1 heterocycles. The molecule has 1 saturated heterocycles. The lowest BCUT2D eigenvalue weighted by atomic mass is 10.0. The van der Waals surface area contributed by atoms with Crippen LogP contribution in [0, 0.1) is 20.8 Å². The van der Waals surface area contributed by atoms with E-state index in [1.165, 1.54) is 16.4 Å². The van der Waals surface area contributed by atoms with E-state index in [0.717, 1.165) is 35.2 Å². The van der Waals surface area contributed by atoms with Gasteiger partial charge in [0.1, 0.15) is 0 Å². The lowest BCUT2D eigenvalue weighted by Crippen LogP contribution is -2.45. The molecule has 7 heteroatoms. The minimum atomic E-state index is -3.67. The van der Waals surface area contributed by atoms with Crippen LogP contribution in [0.1, 0.15) is 42.4 Å². The number of anilines is 1. The van der Waals surface area contributed by atoms with Gasteiger partial charge in [-0.25, -0.2) is 8.42 Å². The maximum Gasteiger partial charge on any atom is 0.243 e. The van der Waals surface area contributed by atoms with Crippen LogP contribution in [-0.2, 0) is 14.8 Å². The molecule has 0 bridgehead atoms. The zero-order valence-corrected chi connectivity index (χ0v) is 18.6. The molecule has 1 aliphatic heterocycles. The second-order valence-electron chi connectivity index (χ2n) is 7.75. The van der Waals surface area contributed by atoms with Gasteiger partial charge >= 0.3 is 0 Å². The SMILES string of the molecule is Cc1cc(C)c(NC(=O)C[C@@H]2CCCCN2S(=O)(=O)c2ccc(Cl)cc2)c(C)c1. The first-order valence-electron chi connectivity index (χ1n) is 9.83. The van der Waals surface area contributed by atoms with Crippen molar-refractivity contribution >= 4 is 33.2 Å². The maximum absolute atomic E-state index is 13.1. The van der Waals surface area contributed by atoms with E-state index in [1.807, 2.05) is 32.9 Å². The smallest absolute Gasteiger partial charge is 0.243 e. The fourth-order valence-electron chi connectivity index (χ4n) is 4.02. The highest BCUT2D eigenvalue weighted by Gasteiger charge is 2.34. The van der Waals surface area contributed by atoms with Gasteiger partial charge in [-0.15, -0.1) is 0 Å². The van der Waals surface area contributed by atoms with Crippen LogP contribution in [0.3, 0.4) is 0 Å². The average Bonchev–Trinajstić information content (AvgIpc) is 2.65. The third kappa shape index (κ3) is 5.00. The van der Waals surface area contributed by atoms with E-state index < -0.39 is 10.0 Å². The first kappa shape index (κ1) is 21.8. The van der Waals surface area contributed by atoms with Crippen molar-refractivity contribution in [1.29, 1.82) is 0 Å². The number of nitrogens with zero attached hydrogens (tertiary/aromatic N) is 1. The first-order chi connectivity index (χ1) is 13.7. The first-order valence-corrected chi connectivity index (χ1v) is 11.7. The highest BCUT2D eigenvalue weighted by Crippen LogP contribution is 2.29. The van der Waals surface area contributed by atoms with Crippen LogP contribution < -0.4 is 5.32 Å². The van der Waals surface area contributed by atoms with E-state index in [0.29, 0.717) is 18.0 Å². The fourth-order valence-corrected chi connectivity index (χ4v) is 5.84. The van der Waals surface area contributed by atoms with Gasteiger partial charge in [0, 0.05) is 29.7 Å². The number of carbonyl (C=O) groups is 1. The van der Waals surface area contributed by atoms with E-state index in [4.69, 9.17) is 11.6 Å². The van der Waals surface area contributed by atoms with E-state index >= 15 is 0 Å². The number of aryl methyl sites for hydroxylation is 3. The van der Waals surface area contributed by atoms with Crippen molar-refractivity contribution in [1.82, 2.24) is 4.31 Å². The predicted molar refractivity (Wildman–Crippen MR) is 117 cm³/mol. The summed E-state index contributed by atoms with van der Waals surface area (Å²) in [6.45, 7) is 6.37. The van der Waals surface area contributed by atoms with Crippen molar-refractivity contribution < 1.29 is 13.2 Å². The van der Waals surface area contributed by atoms with Gasteiger partial charge in [-0.3, -0.25) is 4.79 Å². The summed E-state index contributed by atoms with van der Waals surface area (Å²) in [4.78, 5) is 13.0. The number of amides is 1. The van der Waals surface area contributed by atoms with Crippen molar-refractivity contribution in [2.45, 2.75) is 57.4 Å². The van der Waals surface area contributed by atoms with Crippen LogP contribution in [0.4, 0.5) is 5.69 Å². The molecular formula is C22H27ClN2O3S. The Morgan fingerprint density at radius 2 is 1.72 bits per heavy atom. The quantitative estimate of drug-likeness (QED) is 0.732. The molecule has 1 aliphatic rings. The van der Waals surface area contributed by atoms with E-state index in [1.54, 1.807) is 12.1 Å². The molecule has 1 N–H and O–H groups in total. The molecule has 1 atom stereocenters. The summed E-state index contributed by atoms with van der Waals surface area (Å²) in [6.07, 6.45) is 2.51. The minimum absolute atomic E-state index is 0.138. The van der Waals surface area contributed by atoms with Crippen molar-refractivity contribution in [2.75, 3.05) is 11.9 Å². The molecule has 1 fully saturated rings. The van der Waals surface area contributed by atoms with Crippen LogP contribution in [-0.4, -0.2) is 31.2 Å². The van der Waals surface area contributed by atoms with Gasteiger partial charge in [-0.2, -0.15) is 4.31 Å². The standard InChI is InChI=1S/C22H27ClN2O3S/c1-15-12-16(2)22(17(3)13-15)24-21(26)14-19-6-4-5-11-25(19)29(27,28)20-9-7-18(23)8-10-20/h7-10,12-13,19H,4-6,11,14H2,1-3H3,(H,24,26)/t19-/m0/s1. The van der Waals surface area contributed by atoms with Crippen LogP contribution >= 0.6 is 11.6 Å². The van der Waals surface area contributed by atoms with Crippen molar-refractivity contribution in [3.8, 4) is 0 Å². The molecule has 0 radical (unpaired) electrons. The van der Waals surface area contributed by atoms with Crippen LogP contribution in [0.5, 0.6) is 0 Å². The zero-order valence-electron chi connectivity index (χ0n) is 17.0. The van der Waals surface area contributed by atoms with Crippen LogP contribution in [0.2, 0.25) is 5.02 Å². The number of sulfonamides is 1. The van der Waals surface area contributed by atoms with Crippen molar-refractivity contribution in [2.24, 2.45) is 0 Å². The molecule has 156 valence electrons. The molecule has 0 unspecified atom stereocenters. The largest absolute Gasteiger partial charge is 0.326 e. The summed E-state index contributed by atoms with van der Waals surface area (Å²) in [7, 11) is -3.67. The normalized spacial score (nSPS) is 17.9. The van der Waals surface area contributed by atoms with Gasteiger partial charge in [-0.1, -0.05) is 35.7 Å². The molecular weight excluding hydrogens is 408 g/mol. The predicted octanol–water partition coefficient (Wildman–Crippen LogP) is 4.84. The number of nitrogens with one attached hydrogen (secondary N) is 1. The van der Waals surface area contributed by atoms with Gasteiger partial charge in [0.15, 0.2) is 0 Å². The molecule has 0 aromatic heterocycles. The minimum Gasteiger partial charge on any atom is -0.326 e. The Balaban J connectivity index is 1.78. The number of halogens is 1. The van der Waals surface area contributed by atoms with E-state index in [-0.39, 0.29) is 23.3 Å². The second-order valence-corrected chi connectivity index (χ2v) is 10.1. The van der Waals surface area contributed by atoms with E-state index in [2.05, 4.69) is 5.32 Å². The van der Waals surface area contributed by atoms with Gasteiger partial charge in [-0.05, 0) is 69.0 Å². The number of hydrogen-bond acceptors (Lipinski definition) is 3. The number of benzene rings is 2. The van der Waals surface area contributed by atoms with Crippen molar-refractivity contribution in [3.05, 3.63) is 58.1 Å². The summed E-state index contributed by atoms with van der Waals surface area (Å²) in [5.74, 6) is -0.164. The van der Waals surface area contributed by atoms with Gasteiger partial charge < -0.3 is 5.32 Å². The Kier molecular flexibility index (Phi) is 6.66. The molecule has 0 saturated carbocycles. The topological polar surface area (TPSA) is 66.5 Å². The Bertz CT molecular complexity index is 980. The monoisotopic (exact) mass is 434 g/mol. The lowest BCUT2D eigenvalue weighted by molar-refractivity contribution is -0.117. The molecule has 2 aromatic carbocycles.